The molecule has 2 N–H and O–H groups in total. The molecule has 31 heavy (non-hydrogen) atoms. The number of hydrogen-bond donors (Lipinski definition) is 2. The molecule has 0 atom stereocenters. The summed E-state index contributed by atoms with van der Waals surface area (Å²) in [7, 11) is -2.38. The Bertz CT molecular complexity index is 1150. The topological polar surface area (TPSA) is 107 Å². The van der Waals surface area contributed by atoms with Crippen LogP contribution in [-0.4, -0.2) is 33.0 Å². The Kier molecular flexibility index (Phi) is 7.09. The summed E-state index contributed by atoms with van der Waals surface area (Å²) in [6, 6.07) is 16.0. The van der Waals surface area contributed by atoms with Gasteiger partial charge in [-0.2, -0.15) is 0 Å². The van der Waals surface area contributed by atoms with Crippen LogP contribution in [0.15, 0.2) is 71.8 Å². The fraction of sp³-hybridized carbons (Fsp3) is 0.182. The maximum Gasteiger partial charge on any atom is 0.262 e. The predicted octanol–water partition coefficient (Wildman–Crippen LogP) is 3.22. The van der Waals surface area contributed by atoms with Crippen LogP contribution in [0.5, 0.6) is 11.6 Å². The molecule has 3 rings (SSSR count). The van der Waals surface area contributed by atoms with Crippen molar-refractivity contribution in [2.45, 2.75) is 18.4 Å². The van der Waals surface area contributed by atoms with Gasteiger partial charge < -0.3 is 14.8 Å². The van der Waals surface area contributed by atoms with E-state index in [2.05, 4.69) is 15.0 Å². The van der Waals surface area contributed by atoms with E-state index in [1.165, 1.54) is 31.4 Å². The highest BCUT2D eigenvalue weighted by Crippen LogP contribution is 2.26. The first-order valence-corrected chi connectivity index (χ1v) is 11.0. The van der Waals surface area contributed by atoms with Crippen molar-refractivity contribution in [2.75, 3.05) is 18.4 Å². The molecule has 0 spiro atoms. The minimum Gasteiger partial charge on any atom is -0.495 e. The molecule has 0 saturated heterocycles. The van der Waals surface area contributed by atoms with Gasteiger partial charge in [-0.3, -0.25) is 9.52 Å². The number of pyridine rings is 1. The minimum absolute atomic E-state index is 0.0286. The Morgan fingerprint density at radius 3 is 2.48 bits per heavy atom. The quantitative estimate of drug-likeness (QED) is 0.528. The number of amides is 1. The molecule has 0 bridgehead atoms. The number of carbonyl (C=O) groups excluding carboxylic acids is 1. The number of hydrogen-bond acceptors (Lipinski definition) is 6. The normalized spacial score (nSPS) is 10.9. The maximum atomic E-state index is 12.7. The van der Waals surface area contributed by atoms with Crippen LogP contribution in [0.4, 0.5) is 5.69 Å². The lowest BCUT2D eigenvalue weighted by Gasteiger charge is -2.12. The Hall–Kier alpha value is -3.59. The average molecular weight is 442 g/mol. The third-order valence-electron chi connectivity index (χ3n) is 4.35. The number of sulfonamides is 1. The monoisotopic (exact) mass is 441 g/mol. The van der Waals surface area contributed by atoms with E-state index in [0.717, 1.165) is 5.56 Å². The fourth-order valence-corrected chi connectivity index (χ4v) is 3.89. The Morgan fingerprint density at radius 1 is 1.03 bits per heavy atom. The number of para-hydroxylation sites is 2. The van der Waals surface area contributed by atoms with E-state index in [-0.39, 0.29) is 17.3 Å². The van der Waals surface area contributed by atoms with Crippen LogP contribution in [-0.2, 0) is 16.6 Å². The molecule has 1 heterocycles. The number of carbonyl (C=O) groups is 1. The van der Waals surface area contributed by atoms with E-state index in [0.29, 0.717) is 29.5 Å². The molecule has 0 unspecified atom stereocenters. The molecule has 0 aliphatic rings. The van der Waals surface area contributed by atoms with E-state index in [9.17, 15) is 13.2 Å². The summed E-state index contributed by atoms with van der Waals surface area (Å²) in [6.07, 6.45) is 1.62. The third-order valence-corrected chi connectivity index (χ3v) is 5.73. The van der Waals surface area contributed by atoms with Crippen LogP contribution < -0.4 is 19.5 Å². The molecule has 8 nitrogen and oxygen atoms in total. The van der Waals surface area contributed by atoms with Crippen LogP contribution in [0, 0.1) is 0 Å². The van der Waals surface area contributed by atoms with Crippen LogP contribution >= 0.6 is 0 Å². The number of benzene rings is 2. The second-order valence-electron chi connectivity index (χ2n) is 6.41. The summed E-state index contributed by atoms with van der Waals surface area (Å²) in [5.41, 5.74) is 1.41. The molecule has 3 aromatic rings. The van der Waals surface area contributed by atoms with E-state index >= 15 is 0 Å². The van der Waals surface area contributed by atoms with Gasteiger partial charge in [0.15, 0.2) is 0 Å². The first kappa shape index (κ1) is 22.1. The lowest BCUT2D eigenvalue weighted by molar-refractivity contribution is 0.0950. The number of anilines is 1. The average Bonchev–Trinajstić information content (AvgIpc) is 2.78. The Balaban J connectivity index is 1.68. The van der Waals surface area contributed by atoms with Gasteiger partial charge in [-0.15, -0.1) is 0 Å². The molecule has 1 aromatic heterocycles. The molecule has 0 radical (unpaired) electrons. The molecule has 0 fully saturated rings. The summed E-state index contributed by atoms with van der Waals surface area (Å²) in [4.78, 5) is 16.6. The zero-order valence-electron chi connectivity index (χ0n) is 17.2. The molecule has 2 aromatic carbocycles. The molecule has 9 heteroatoms. The van der Waals surface area contributed by atoms with Crippen LogP contribution in [0.3, 0.4) is 0 Å². The van der Waals surface area contributed by atoms with E-state index in [1.54, 1.807) is 36.5 Å². The van der Waals surface area contributed by atoms with Gasteiger partial charge in [-0.25, -0.2) is 13.4 Å². The van der Waals surface area contributed by atoms with Crippen LogP contribution in [0.1, 0.15) is 22.8 Å². The second kappa shape index (κ2) is 9.94. The van der Waals surface area contributed by atoms with Crippen molar-refractivity contribution >= 4 is 21.6 Å². The van der Waals surface area contributed by atoms with Gasteiger partial charge in [-0.05, 0) is 49.4 Å². The van der Waals surface area contributed by atoms with E-state index in [1.807, 2.05) is 13.0 Å². The smallest absolute Gasteiger partial charge is 0.262 e. The van der Waals surface area contributed by atoms with Crippen molar-refractivity contribution in [3.8, 4) is 11.6 Å². The Morgan fingerprint density at radius 2 is 1.77 bits per heavy atom. The minimum atomic E-state index is -3.84. The number of nitrogens with zero attached hydrogens (tertiary/aromatic N) is 1. The molecule has 0 saturated carbocycles. The van der Waals surface area contributed by atoms with Crippen molar-refractivity contribution < 1.29 is 22.7 Å². The van der Waals surface area contributed by atoms with Crippen molar-refractivity contribution in [3.63, 3.8) is 0 Å². The van der Waals surface area contributed by atoms with Crippen LogP contribution in [0.2, 0.25) is 0 Å². The van der Waals surface area contributed by atoms with Gasteiger partial charge in [0, 0.05) is 23.9 Å². The number of methoxy groups -OCH3 is 1. The predicted molar refractivity (Wildman–Crippen MR) is 117 cm³/mol. The molecule has 0 aliphatic carbocycles. The van der Waals surface area contributed by atoms with Gasteiger partial charge in [0.1, 0.15) is 5.75 Å². The molecular formula is C22H23N3O5S. The lowest BCUT2D eigenvalue weighted by atomic mass is 10.2. The second-order valence-corrected chi connectivity index (χ2v) is 8.10. The highest BCUT2D eigenvalue weighted by Gasteiger charge is 2.17. The molecule has 0 aliphatic heterocycles. The lowest BCUT2D eigenvalue weighted by Crippen LogP contribution is -2.23. The van der Waals surface area contributed by atoms with Crippen LogP contribution in [0.25, 0.3) is 0 Å². The number of aromatic nitrogens is 1. The Labute approximate surface area is 181 Å². The van der Waals surface area contributed by atoms with Gasteiger partial charge in [0.2, 0.25) is 5.88 Å². The molecular weight excluding hydrogens is 418 g/mol. The maximum absolute atomic E-state index is 12.7. The van der Waals surface area contributed by atoms with Gasteiger partial charge in [0.25, 0.3) is 15.9 Å². The highest BCUT2D eigenvalue weighted by molar-refractivity contribution is 7.92. The van der Waals surface area contributed by atoms with Crippen molar-refractivity contribution in [3.05, 3.63) is 78.0 Å². The summed E-state index contributed by atoms with van der Waals surface area (Å²) < 4.78 is 38.5. The van der Waals surface area contributed by atoms with E-state index < -0.39 is 10.0 Å². The fourth-order valence-electron chi connectivity index (χ4n) is 2.82. The largest absolute Gasteiger partial charge is 0.495 e. The number of rotatable bonds is 9. The van der Waals surface area contributed by atoms with Crippen molar-refractivity contribution in [1.29, 1.82) is 0 Å². The van der Waals surface area contributed by atoms with Gasteiger partial charge >= 0.3 is 0 Å². The number of ether oxygens (including phenoxy) is 2. The number of nitrogens with one attached hydrogen (secondary N) is 2. The standard InChI is InChI=1S/C22H23N3O5S/c1-3-30-22-17(7-6-14-23-22)15-24-21(26)16-10-12-18(13-11-16)31(27,28)25-19-8-4-5-9-20(19)29-2/h4-14,25H,3,15H2,1-2H3,(H,24,26). The highest BCUT2D eigenvalue weighted by atomic mass is 32.2. The first-order valence-electron chi connectivity index (χ1n) is 9.55. The molecule has 1 amide bonds. The molecule has 162 valence electrons. The van der Waals surface area contributed by atoms with E-state index in [4.69, 9.17) is 9.47 Å². The zero-order valence-corrected chi connectivity index (χ0v) is 18.0. The first-order chi connectivity index (χ1) is 14.9. The summed E-state index contributed by atoms with van der Waals surface area (Å²) in [5, 5.41) is 2.79. The van der Waals surface area contributed by atoms with Gasteiger partial charge in [-0.1, -0.05) is 18.2 Å². The third kappa shape index (κ3) is 5.52. The zero-order chi connectivity index (χ0) is 22.3. The van der Waals surface area contributed by atoms with Crippen molar-refractivity contribution in [2.24, 2.45) is 0 Å². The summed E-state index contributed by atoms with van der Waals surface area (Å²) in [6.45, 7) is 2.56. The summed E-state index contributed by atoms with van der Waals surface area (Å²) >= 11 is 0. The van der Waals surface area contributed by atoms with Crippen molar-refractivity contribution in [1.82, 2.24) is 10.3 Å². The summed E-state index contributed by atoms with van der Waals surface area (Å²) in [5.74, 6) is 0.533. The van der Waals surface area contributed by atoms with Gasteiger partial charge in [0.05, 0.1) is 24.3 Å². The SMILES string of the molecule is CCOc1ncccc1CNC(=O)c1ccc(S(=O)(=O)Nc2ccccc2OC)cc1.